The Balaban J connectivity index is 1.84. The smallest absolute Gasteiger partial charge is 0.260 e. The van der Waals surface area contributed by atoms with E-state index in [0.717, 1.165) is 0 Å². The highest BCUT2D eigenvalue weighted by molar-refractivity contribution is 5.77. The molecule has 1 heterocycles. The fraction of sp³-hybridized carbons (Fsp3) is 0.533. The third-order valence-electron chi connectivity index (χ3n) is 3.60. The molecule has 6 nitrogen and oxygen atoms in total. The number of phenolic OH excluding ortho intramolecular Hbond substituents is 1. The largest absolute Gasteiger partial charge is 0.504 e. The van der Waals surface area contributed by atoms with E-state index in [1.165, 1.54) is 11.0 Å². The molecule has 21 heavy (non-hydrogen) atoms. The fourth-order valence-electron chi connectivity index (χ4n) is 2.27. The fourth-order valence-corrected chi connectivity index (χ4v) is 2.27. The van der Waals surface area contributed by atoms with Crippen molar-refractivity contribution in [3.8, 4) is 11.5 Å². The van der Waals surface area contributed by atoms with Crippen LogP contribution in [0, 0.1) is 0 Å². The van der Waals surface area contributed by atoms with Gasteiger partial charge in [0, 0.05) is 39.6 Å². The van der Waals surface area contributed by atoms with E-state index in [2.05, 4.69) is 0 Å². The lowest BCUT2D eigenvalue weighted by atomic mass is 9.94. The van der Waals surface area contributed by atoms with Gasteiger partial charge in [-0.1, -0.05) is 12.1 Å². The molecule has 1 fully saturated rings. The minimum atomic E-state index is -0.891. The van der Waals surface area contributed by atoms with Crippen molar-refractivity contribution in [1.29, 1.82) is 0 Å². The summed E-state index contributed by atoms with van der Waals surface area (Å²) in [5.41, 5.74) is -0.891. The zero-order valence-corrected chi connectivity index (χ0v) is 12.1. The van der Waals surface area contributed by atoms with Gasteiger partial charge in [0.2, 0.25) is 0 Å². The molecule has 1 aromatic rings. The van der Waals surface area contributed by atoms with Gasteiger partial charge in [-0.25, -0.2) is 0 Å². The van der Waals surface area contributed by atoms with Crippen LogP contribution in [0.15, 0.2) is 24.3 Å². The lowest BCUT2D eigenvalue weighted by Gasteiger charge is -2.35. The SMILES string of the molecule is CN(CC1(O)CCOCC1)C(=O)COc1ccccc1O. The van der Waals surface area contributed by atoms with Crippen molar-refractivity contribution in [3.05, 3.63) is 24.3 Å². The number of aliphatic hydroxyl groups is 1. The first kappa shape index (κ1) is 15.6. The minimum Gasteiger partial charge on any atom is -0.504 e. The van der Waals surface area contributed by atoms with Gasteiger partial charge in [0.05, 0.1) is 5.60 Å². The normalized spacial score (nSPS) is 17.2. The summed E-state index contributed by atoms with van der Waals surface area (Å²) in [6.45, 7) is 1.08. The van der Waals surface area contributed by atoms with Crippen LogP contribution in [0.2, 0.25) is 0 Å². The van der Waals surface area contributed by atoms with Gasteiger partial charge in [0.1, 0.15) is 0 Å². The molecule has 1 saturated heterocycles. The molecular formula is C15H21NO5. The molecule has 1 aliphatic rings. The highest BCUT2D eigenvalue weighted by atomic mass is 16.5. The molecule has 116 valence electrons. The predicted molar refractivity (Wildman–Crippen MR) is 76.2 cm³/mol. The number of hydrogen-bond donors (Lipinski definition) is 2. The highest BCUT2D eigenvalue weighted by Gasteiger charge is 2.32. The summed E-state index contributed by atoms with van der Waals surface area (Å²) in [6, 6.07) is 6.48. The third kappa shape index (κ3) is 4.34. The first-order chi connectivity index (χ1) is 10.0. The van der Waals surface area contributed by atoms with Crippen molar-refractivity contribution >= 4 is 5.91 Å². The van der Waals surface area contributed by atoms with E-state index in [1.54, 1.807) is 25.2 Å². The Kier molecular flexibility index (Phi) is 5.03. The van der Waals surface area contributed by atoms with Crippen LogP contribution in [0.3, 0.4) is 0 Å². The Labute approximate surface area is 123 Å². The van der Waals surface area contributed by atoms with Crippen LogP contribution in [0.5, 0.6) is 11.5 Å². The van der Waals surface area contributed by atoms with Gasteiger partial charge in [0.25, 0.3) is 5.91 Å². The van der Waals surface area contributed by atoms with E-state index in [4.69, 9.17) is 9.47 Å². The third-order valence-corrected chi connectivity index (χ3v) is 3.60. The molecular weight excluding hydrogens is 274 g/mol. The molecule has 0 aromatic heterocycles. The maximum absolute atomic E-state index is 12.0. The number of rotatable bonds is 5. The number of carbonyl (C=O) groups excluding carboxylic acids is 1. The first-order valence-corrected chi connectivity index (χ1v) is 6.95. The molecule has 1 aromatic carbocycles. The van der Waals surface area contributed by atoms with Gasteiger partial charge in [-0.3, -0.25) is 4.79 Å². The number of amides is 1. The number of nitrogens with zero attached hydrogens (tertiary/aromatic N) is 1. The van der Waals surface area contributed by atoms with Gasteiger partial charge in [0.15, 0.2) is 18.1 Å². The van der Waals surface area contributed by atoms with E-state index in [1.807, 2.05) is 0 Å². The molecule has 2 rings (SSSR count). The Hall–Kier alpha value is -1.79. The van der Waals surface area contributed by atoms with Crippen molar-refractivity contribution in [2.75, 3.05) is 33.4 Å². The Morgan fingerprint density at radius 3 is 2.71 bits per heavy atom. The van der Waals surface area contributed by atoms with E-state index in [-0.39, 0.29) is 30.6 Å². The minimum absolute atomic E-state index is 0.00369. The predicted octanol–water partition coefficient (Wildman–Crippen LogP) is 0.771. The molecule has 1 amide bonds. The van der Waals surface area contributed by atoms with Gasteiger partial charge in [-0.15, -0.1) is 0 Å². The van der Waals surface area contributed by atoms with Crippen LogP contribution in [0.1, 0.15) is 12.8 Å². The maximum atomic E-state index is 12.0. The number of phenols is 1. The van der Waals surface area contributed by atoms with Gasteiger partial charge in [-0.2, -0.15) is 0 Å². The van der Waals surface area contributed by atoms with Gasteiger partial charge < -0.3 is 24.6 Å². The first-order valence-electron chi connectivity index (χ1n) is 6.95. The summed E-state index contributed by atoms with van der Waals surface area (Å²) in [5.74, 6) is 0.0122. The number of ether oxygens (including phenoxy) is 2. The monoisotopic (exact) mass is 295 g/mol. The van der Waals surface area contributed by atoms with Crippen LogP contribution < -0.4 is 4.74 Å². The number of para-hydroxylation sites is 2. The molecule has 6 heteroatoms. The van der Waals surface area contributed by atoms with E-state index in [0.29, 0.717) is 26.1 Å². The quantitative estimate of drug-likeness (QED) is 0.839. The van der Waals surface area contributed by atoms with Crippen molar-refractivity contribution in [1.82, 2.24) is 4.90 Å². The number of aromatic hydroxyl groups is 1. The lowest BCUT2D eigenvalue weighted by Crippen LogP contribution is -2.48. The summed E-state index contributed by atoms with van der Waals surface area (Å²) in [6.07, 6.45) is 1.04. The molecule has 0 saturated carbocycles. The van der Waals surface area contributed by atoms with Crippen molar-refractivity contribution in [2.24, 2.45) is 0 Å². The summed E-state index contributed by atoms with van der Waals surface area (Å²) >= 11 is 0. The van der Waals surface area contributed by atoms with Crippen LogP contribution >= 0.6 is 0 Å². The second kappa shape index (κ2) is 6.78. The summed E-state index contributed by atoms with van der Waals surface area (Å²) < 4.78 is 10.5. The second-order valence-electron chi connectivity index (χ2n) is 5.34. The van der Waals surface area contributed by atoms with Gasteiger partial charge in [-0.05, 0) is 12.1 Å². The van der Waals surface area contributed by atoms with Crippen LogP contribution in [-0.4, -0.2) is 60.0 Å². The molecule has 2 N–H and O–H groups in total. The lowest BCUT2D eigenvalue weighted by molar-refractivity contribution is -0.138. The molecule has 0 spiro atoms. The molecule has 0 radical (unpaired) electrons. The molecule has 0 bridgehead atoms. The van der Waals surface area contributed by atoms with Crippen molar-refractivity contribution < 1.29 is 24.5 Å². The van der Waals surface area contributed by atoms with Crippen molar-refractivity contribution in [2.45, 2.75) is 18.4 Å². The zero-order valence-electron chi connectivity index (χ0n) is 12.1. The summed E-state index contributed by atoms with van der Waals surface area (Å²) in [5, 5.41) is 19.9. The molecule has 0 unspecified atom stereocenters. The molecule has 1 aliphatic heterocycles. The number of benzene rings is 1. The maximum Gasteiger partial charge on any atom is 0.260 e. The standard InChI is InChI=1S/C15H21NO5/c1-16(11-15(19)6-8-20-9-7-15)14(18)10-21-13-5-3-2-4-12(13)17/h2-5,17,19H,6-11H2,1H3. The average molecular weight is 295 g/mol. The van der Waals surface area contributed by atoms with Crippen LogP contribution in [0.25, 0.3) is 0 Å². The van der Waals surface area contributed by atoms with E-state index >= 15 is 0 Å². The summed E-state index contributed by atoms with van der Waals surface area (Å²) in [4.78, 5) is 13.5. The van der Waals surface area contributed by atoms with Crippen LogP contribution in [0.4, 0.5) is 0 Å². The number of hydrogen-bond acceptors (Lipinski definition) is 5. The average Bonchev–Trinajstić information content (AvgIpc) is 2.46. The Bertz CT molecular complexity index is 485. The van der Waals surface area contributed by atoms with E-state index in [9.17, 15) is 15.0 Å². The summed E-state index contributed by atoms with van der Waals surface area (Å²) in [7, 11) is 1.63. The van der Waals surface area contributed by atoms with Gasteiger partial charge >= 0.3 is 0 Å². The molecule has 0 aliphatic carbocycles. The zero-order chi connectivity index (χ0) is 15.3. The number of likely N-dealkylation sites (N-methyl/N-ethyl adjacent to an activating group) is 1. The van der Waals surface area contributed by atoms with Crippen LogP contribution in [-0.2, 0) is 9.53 Å². The second-order valence-corrected chi connectivity index (χ2v) is 5.34. The highest BCUT2D eigenvalue weighted by Crippen LogP contribution is 2.24. The number of carbonyl (C=O) groups is 1. The van der Waals surface area contributed by atoms with Crippen molar-refractivity contribution in [3.63, 3.8) is 0 Å². The molecule has 0 atom stereocenters. The Morgan fingerprint density at radius 1 is 1.38 bits per heavy atom. The topological polar surface area (TPSA) is 79.2 Å². The van der Waals surface area contributed by atoms with E-state index < -0.39 is 5.60 Å². The Morgan fingerprint density at radius 2 is 2.05 bits per heavy atom.